The fourth-order valence-corrected chi connectivity index (χ4v) is 5.04. The van der Waals surface area contributed by atoms with Crippen LogP contribution in [0.25, 0.3) is 0 Å². The first-order valence-corrected chi connectivity index (χ1v) is 10.9. The lowest BCUT2D eigenvalue weighted by Gasteiger charge is -2.35. The fraction of sp³-hybridized carbons (Fsp3) is 0.480. The van der Waals surface area contributed by atoms with E-state index < -0.39 is 23.4 Å². The predicted molar refractivity (Wildman–Crippen MR) is 113 cm³/mol. The van der Waals surface area contributed by atoms with E-state index in [4.69, 9.17) is 0 Å². The minimum atomic E-state index is -1.12. The molecule has 4 rings (SSSR count). The van der Waals surface area contributed by atoms with E-state index in [1.807, 2.05) is 0 Å². The molecule has 2 aromatic rings. The number of aliphatic hydroxyl groups excluding tert-OH is 2. The number of hydrogen-bond donors (Lipinski definition) is 4. The lowest BCUT2D eigenvalue weighted by molar-refractivity contribution is -0.0504. The van der Waals surface area contributed by atoms with Crippen LogP contribution in [0, 0.1) is 0 Å². The lowest BCUT2D eigenvalue weighted by atomic mass is 9.77. The molecule has 30 heavy (non-hydrogen) atoms. The Labute approximate surface area is 177 Å². The average molecular weight is 411 g/mol. The Balaban J connectivity index is 1.61. The van der Waals surface area contributed by atoms with Gasteiger partial charge in [0.25, 0.3) is 0 Å². The van der Waals surface area contributed by atoms with Crippen molar-refractivity contribution in [2.24, 2.45) is 0 Å². The van der Waals surface area contributed by atoms with Gasteiger partial charge in [-0.2, -0.15) is 0 Å². The molecule has 2 aliphatic carbocycles. The minimum Gasteiger partial charge on any atom is -0.393 e. The van der Waals surface area contributed by atoms with Gasteiger partial charge in [0.2, 0.25) is 0 Å². The smallest absolute Gasteiger partial charge is 0.193 e. The summed E-state index contributed by atoms with van der Waals surface area (Å²) in [5.74, 6) is -0.182. The van der Waals surface area contributed by atoms with Crippen molar-refractivity contribution in [2.75, 3.05) is 0 Å². The van der Waals surface area contributed by atoms with E-state index in [9.17, 15) is 25.2 Å². The molecule has 0 saturated heterocycles. The Morgan fingerprint density at radius 2 is 1.20 bits per heavy atom. The van der Waals surface area contributed by atoms with Gasteiger partial charge >= 0.3 is 0 Å². The lowest BCUT2D eigenvalue weighted by Crippen LogP contribution is -2.35. The summed E-state index contributed by atoms with van der Waals surface area (Å²) in [5, 5.41) is 42.1. The first-order valence-electron chi connectivity index (χ1n) is 10.9. The number of rotatable bonds is 4. The molecule has 2 aromatic carbocycles. The van der Waals surface area contributed by atoms with Crippen molar-refractivity contribution in [3.8, 4) is 0 Å². The molecule has 4 atom stereocenters. The van der Waals surface area contributed by atoms with Gasteiger partial charge in [-0.1, -0.05) is 36.4 Å². The van der Waals surface area contributed by atoms with Gasteiger partial charge < -0.3 is 20.4 Å². The van der Waals surface area contributed by atoms with Crippen molar-refractivity contribution in [2.45, 2.75) is 74.8 Å². The van der Waals surface area contributed by atoms with Crippen molar-refractivity contribution in [3.63, 3.8) is 0 Å². The van der Waals surface area contributed by atoms with Crippen molar-refractivity contribution in [3.05, 3.63) is 70.8 Å². The van der Waals surface area contributed by atoms with Crippen LogP contribution in [0.2, 0.25) is 0 Å². The summed E-state index contributed by atoms with van der Waals surface area (Å²) in [7, 11) is 0. The van der Waals surface area contributed by atoms with Gasteiger partial charge in [-0.05, 0) is 61.8 Å². The molecule has 0 bridgehead atoms. The van der Waals surface area contributed by atoms with E-state index in [-0.39, 0.29) is 18.6 Å². The second-order valence-corrected chi connectivity index (χ2v) is 9.05. The maximum Gasteiger partial charge on any atom is 0.193 e. The van der Waals surface area contributed by atoms with E-state index in [0.717, 1.165) is 12.8 Å². The highest BCUT2D eigenvalue weighted by Gasteiger charge is 2.37. The molecule has 4 unspecified atom stereocenters. The van der Waals surface area contributed by atoms with Crippen LogP contribution in [0.5, 0.6) is 0 Å². The quantitative estimate of drug-likeness (QED) is 0.581. The van der Waals surface area contributed by atoms with Crippen molar-refractivity contribution >= 4 is 5.78 Å². The number of aliphatic hydroxyl groups is 4. The molecule has 5 nitrogen and oxygen atoms in total. The van der Waals surface area contributed by atoms with Crippen LogP contribution in [0.3, 0.4) is 0 Å². The largest absolute Gasteiger partial charge is 0.393 e. The Morgan fingerprint density at radius 3 is 1.60 bits per heavy atom. The number of carbonyl (C=O) groups is 1. The number of benzene rings is 2. The molecular formula is C25H30O5. The van der Waals surface area contributed by atoms with Gasteiger partial charge in [0, 0.05) is 24.0 Å². The van der Waals surface area contributed by atoms with E-state index in [2.05, 4.69) is 0 Å². The first-order chi connectivity index (χ1) is 14.3. The molecular weight excluding hydrogens is 380 g/mol. The maximum atomic E-state index is 13.2. The monoisotopic (exact) mass is 410 g/mol. The Hall–Kier alpha value is -2.05. The molecule has 4 N–H and O–H groups in total. The molecule has 0 heterocycles. The number of ketones is 1. The van der Waals surface area contributed by atoms with E-state index in [1.165, 1.54) is 0 Å². The topological polar surface area (TPSA) is 98.0 Å². The summed E-state index contributed by atoms with van der Waals surface area (Å²) in [6.07, 6.45) is 3.45. The minimum absolute atomic E-state index is 0.182. The Morgan fingerprint density at radius 1 is 0.767 bits per heavy atom. The molecule has 0 aliphatic heterocycles. The first kappa shape index (κ1) is 21.2. The van der Waals surface area contributed by atoms with Crippen molar-refractivity contribution in [1.82, 2.24) is 0 Å². The fourth-order valence-electron chi connectivity index (χ4n) is 5.04. The van der Waals surface area contributed by atoms with E-state index >= 15 is 0 Å². The molecule has 2 aliphatic rings. The molecule has 0 amide bonds. The van der Waals surface area contributed by atoms with Crippen LogP contribution >= 0.6 is 0 Å². The van der Waals surface area contributed by atoms with Gasteiger partial charge in [-0.15, -0.1) is 0 Å². The zero-order valence-electron chi connectivity index (χ0n) is 17.1. The van der Waals surface area contributed by atoms with Gasteiger partial charge in [-0.25, -0.2) is 0 Å². The van der Waals surface area contributed by atoms with Crippen LogP contribution < -0.4 is 0 Å². The summed E-state index contributed by atoms with van der Waals surface area (Å²) in [4.78, 5) is 13.2. The van der Waals surface area contributed by atoms with Crippen LogP contribution in [0.15, 0.2) is 48.5 Å². The second kappa shape index (κ2) is 8.23. The highest BCUT2D eigenvalue weighted by atomic mass is 16.3. The van der Waals surface area contributed by atoms with Crippen LogP contribution in [0.4, 0.5) is 0 Å². The third kappa shape index (κ3) is 4.21. The highest BCUT2D eigenvalue weighted by Crippen LogP contribution is 2.39. The molecule has 5 heteroatoms. The standard InChI is InChI=1S/C25H30O5/c26-21-9-3-11-24(29,15-21)19-7-1-5-17(13-19)23(28)18-6-2-8-20(14-18)25(30)12-4-10-22(27)16-25/h1-2,5-8,13-14,21-22,26-27,29-30H,3-4,9-12,15-16H2. The molecule has 2 fully saturated rings. The summed E-state index contributed by atoms with van der Waals surface area (Å²) >= 11 is 0. The van der Waals surface area contributed by atoms with Gasteiger partial charge in [-0.3, -0.25) is 4.79 Å². The number of hydrogen-bond acceptors (Lipinski definition) is 5. The summed E-state index contributed by atoms with van der Waals surface area (Å²) in [6, 6.07) is 14.0. The normalized spacial score (nSPS) is 32.0. The summed E-state index contributed by atoms with van der Waals surface area (Å²) < 4.78 is 0. The number of carbonyl (C=O) groups excluding carboxylic acids is 1. The SMILES string of the molecule is O=C(c1cccc(C2(O)CCCC(O)C2)c1)c1cccc(C2(O)CCCC(O)C2)c1. The van der Waals surface area contributed by atoms with Gasteiger partial charge in [0.1, 0.15) is 0 Å². The van der Waals surface area contributed by atoms with E-state index in [0.29, 0.717) is 47.9 Å². The third-order valence-corrected chi connectivity index (χ3v) is 6.73. The van der Waals surface area contributed by atoms with Crippen LogP contribution in [-0.4, -0.2) is 38.4 Å². The van der Waals surface area contributed by atoms with Crippen molar-refractivity contribution in [1.29, 1.82) is 0 Å². The second-order valence-electron chi connectivity index (χ2n) is 9.05. The molecule has 0 radical (unpaired) electrons. The summed E-state index contributed by atoms with van der Waals surface area (Å²) in [6.45, 7) is 0. The highest BCUT2D eigenvalue weighted by molar-refractivity contribution is 6.09. The van der Waals surface area contributed by atoms with Crippen LogP contribution in [-0.2, 0) is 11.2 Å². The third-order valence-electron chi connectivity index (χ3n) is 6.73. The zero-order chi connectivity index (χ0) is 21.4. The maximum absolute atomic E-state index is 13.2. The van der Waals surface area contributed by atoms with Gasteiger partial charge in [0.05, 0.1) is 23.4 Å². The van der Waals surface area contributed by atoms with E-state index in [1.54, 1.807) is 48.5 Å². The molecule has 0 spiro atoms. The van der Waals surface area contributed by atoms with Gasteiger partial charge in [0.15, 0.2) is 5.78 Å². The predicted octanol–water partition coefficient (Wildman–Crippen LogP) is 3.16. The molecule has 2 saturated carbocycles. The van der Waals surface area contributed by atoms with Crippen LogP contribution in [0.1, 0.15) is 78.4 Å². The molecule has 160 valence electrons. The van der Waals surface area contributed by atoms with Crippen molar-refractivity contribution < 1.29 is 25.2 Å². The zero-order valence-corrected chi connectivity index (χ0v) is 17.1. The Kier molecular flexibility index (Phi) is 5.82. The Bertz CT molecular complexity index is 852. The summed E-state index contributed by atoms with van der Waals surface area (Å²) in [5.41, 5.74) is -0.0102. The molecule has 0 aromatic heterocycles. The average Bonchev–Trinajstić information content (AvgIpc) is 2.73.